The lowest BCUT2D eigenvalue weighted by molar-refractivity contribution is 0.438. The van der Waals surface area contributed by atoms with Crippen LogP contribution in [0.25, 0.3) is 167 Å². The summed E-state index contributed by atoms with van der Waals surface area (Å²) in [5, 5.41) is 4.38. The van der Waals surface area contributed by atoms with Gasteiger partial charge in [0.05, 0.1) is 33.6 Å². The van der Waals surface area contributed by atoms with Crippen molar-refractivity contribution in [2.45, 2.75) is 10.8 Å². The third kappa shape index (κ3) is 10.1. The maximum Gasteiger partial charge on any atom is 0.160 e. The van der Waals surface area contributed by atoms with Crippen molar-refractivity contribution in [1.29, 1.82) is 0 Å². The monoisotopic (exact) mass is 1490 g/mol. The molecule has 5 heterocycles. The number of ether oxygens (including phenoxy) is 2. The topological polar surface area (TPSA) is 83.2 Å². The van der Waals surface area contributed by atoms with Gasteiger partial charge in [-0.25, -0.2) is 19.9 Å². The summed E-state index contributed by atoms with van der Waals surface area (Å²) < 4.78 is 20.8. The Labute approximate surface area is 675 Å². The SMILES string of the molecule is c1ccc(-c2nc(-c3ccc(-c4cccc5c4Oc4ccccc4C54c5ccccc5-c5c(-c6cccc(-c7ccc(-c8cc(-c9ccc(-c%10cccc%11c%10Oc%10ccccc%10C%11%10c%11ccccc%11-c%11ccccc%11%10)cc9)nc(-c9ccccc9)n8)c8ccccc78)c6)cccc54)cc3)cc(-c3ccc4c(c3)oc3ccccc34)n2)cc1. The first-order chi connectivity index (χ1) is 58.0. The smallest absolute Gasteiger partial charge is 0.160 e. The first-order valence-electron chi connectivity index (χ1n) is 39.9. The average Bonchev–Trinajstić information content (AvgIpc) is 1.54. The van der Waals surface area contributed by atoms with Crippen LogP contribution in [-0.2, 0) is 10.8 Å². The minimum Gasteiger partial charge on any atom is -0.456 e. The van der Waals surface area contributed by atoms with Gasteiger partial charge in [0.1, 0.15) is 34.2 Å². The van der Waals surface area contributed by atoms with Crippen LogP contribution in [0.3, 0.4) is 0 Å². The van der Waals surface area contributed by atoms with E-state index in [1.54, 1.807) is 0 Å². The summed E-state index contributed by atoms with van der Waals surface area (Å²) in [5.41, 5.74) is 32.4. The first-order valence-corrected chi connectivity index (χ1v) is 39.9. The van der Waals surface area contributed by atoms with Crippen LogP contribution in [0.15, 0.2) is 405 Å². The van der Waals surface area contributed by atoms with Gasteiger partial charge in [-0.3, -0.25) is 0 Å². The van der Waals surface area contributed by atoms with Crippen LogP contribution in [0.2, 0.25) is 0 Å². The van der Waals surface area contributed by atoms with Gasteiger partial charge in [-0.15, -0.1) is 0 Å². The molecule has 0 amide bonds. The second-order valence-electron chi connectivity index (χ2n) is 30.8. The fourth-order valence-electron chi connectivity index (χ4n) is 19.6. The molecule has 0 saturated carbocycles. The Balaban J connectivity index is 0.581. The Kier molecular flexibility index (Phi) is 14.7. The second-order valence-corrected chi connectivity index (χ2v) is 30.8. The van der Waals surface area contributed by atoms with Crippen LogP contribution in [0.5, 0.6) is 23.0 Å². The molecule has 0 bridgehead atoms. The molecule has 2 spiro atoms. The number of furan rings is 1. The van der Waals surface area contributed by atoms with E-state index in [2.05, 4.69) is 358 Å². The average molecular weight is 1490 g/mol. The highest BCUT2D eigenvalue weighted by atomic mass is 16.5. The van der Waals surface area contributed by atoms with Gasteiger partial charge in [0.2, 0.25) is 0 Å². The Morgan fingerprint density at radius 2 is 0.564 bits per heavy atom. The van der Waals surface area contributed by atoms with E-state index in [0.29, 0.717) is 11.6 Å². The van der Waals surface area contributed by atoms with Gasteiger partial charge in [0.15, 0.2) is 11.6 Å². The Bertz CT molecular complexity index is 7470. The maximum absolute atomic E-state index is 7.30. The van der Waals surface area contributed by atoms with Crippen LogP contribution in [0.1, 0.15) is 44.5 Å². The van der Waals surface area contributed by atoms with E-state index in [1.165, 1.54) is 44.5 Å². The fraction of sp³-hybridized carbons (Fsp3) is 0.0182. The molecule has 7 nitrogen and oxygen atoms in total. The molecule has 1 unspecified atom stereocenters. The van der Waals surface area contributed by atoms with E-state index >= 15 is 0 Å². The van der Waals surface area contributed by atoms with Crippen LogP contribution in [0.4, 0.5) is 0 Å². The lowest BCUT2D eigenvalue weighted by atomic mass is 9.65. The molecule has 2 aliphatic carbocycles. The summed E-state index contributed by atoms with van der Waals surface area (Å²) in [6.07, 6.45) is 0. The maximum atomic E-state index is 7.30. The Morgan fingerprint density at radius 1 is 0.188 bits per heavy atom. The van der Waals surface area contributed by atoms with E-state index in [1.807, 2.05) is 42.5 Å². The summed E-state index contributed by atoms with van der Waals surface area (Å²) in [6, 6.07) is 144. The van der Waals surface area contributed by atoms with Gasteiger partial charge in [0, 0.05) is 77.5 Å². The van der Waals surface area contributed by atoms with Crippen LogP contribution in [-0.4, -0.2) is 19.9 Å². The summed E-state index contributed by atoms with van der Waals surface area (Å²) >= 11 is 0. The zero-order chi connectivity index (χ0) is 76.9. The van der Waals surface area contributed by atoms with Crippen LogP contribution < -0.4 is 9.47 Å². The van der Waals surface area contributed by atoms with Gasteiger partial charge >= 0.3 is 0 Å². The number of rotatable bonds is 10. The standard InChI is InChI=1S/C110H66N4O3/c1-3-25-71(26-4-1)107-111-96(65-98(113-107)75-59-60-86-85-35-12-18-48-100(85)115-103(86)64-75)69-55-51-68(52-56-69)79-39-24-47-95-106(79)117-102-50-20-17-44-92(102)110(95)90-42-15-11-36-87(90)104-77(37-22-45-93(104)110)74-30-21-29-73(63-74)76-61-62-84(81-32-8-7-31-80(76)81)99-66-97(112-108(114-99)72-27-5-2-6-28-72)70-57-53-67(54-58-70)78-38-23-46-94-105(78)116-101-49-19-16-43-91(101)109(94)88-40-13-9-33-82(88)83-34-10-14-41-89(83)109/h1-66H. The summed E-state index contributed by atoms with van der Waals surface area (Å²) in [7, 11) is 0. The minimum atomic E-state index is -0.736. The van der Waals surface area contributed by atoms with Crippen molar-refractivity contribution < 1.29 is 13.9 Å². The van der Waals surface area contributed by atoms with Crippen molar-refractivity contribution in [3.63, 3.8) is 0 Å². The number of hydrogen-bond acceptors (Lipinski definition) is 7. The van der Waals surface area contributed by atoms with E-state index < -0.39 is 10.8 Å². The van der Waals surface area contributed by atoms with Gasteiger partial charge < -0.3 is 13.9 Å². The molecular formula is C110H66N4O3. The zero-order valence-electron chi connectivity index (χ0n) is 63.1. The summed E-state index contributed by atoms with van der Waals surface area (Å²) in [6.45, 7) is 0. The van der Waals surface area contributed by atoms with E-state index in [4.69, 9.17) is 33.8 Å². The Morgan fingerprint density at radius 3 is 1.15 bits per heavy atom. The van der Waals surface area contributed by atoms with E-state index in [-0.39, 0.29) is 0 Å². The molecule has 0 N–H and O–H groups in total. The van der Waals surface area contributed by atoms with Crippen molar-refractivity contribution in [1.82, 2.24) is 19.9 Å². The predicted molar refractivity (Wildman–Crippen MR) is 472 cm³/mol. The minimum absolute atomic E-state index is 0.564. The number of para-hydroxylation sites is 5. The van der Waals surface area contributed by atoms with Crippen molar-refractivity contribution in [2.75, 3.05) is 0 Å². The van der Waals surface area contributed by atoms with Crippen LogP contribution >= 0.6 is 0 Å². The number of fused-ring (bicyclic) bond motifs is 22. The van der Waals surface area contributed by atoms with Crippen molar-refractivity contribution in [3.8, 4) is 158 Å². The number of hydrogen-bond donors (Lipinski definition) is 0. The second kappa shape index (κ2) is 26.1. The molecule has 2 aliphatic heterocycles. The molecule has 7 heteroatoms. The number of nitrogens with zero attached hydrogens (tertiary/aromatic N) is 4. The molecule has 24 rings (SSSR count). The van der Waals surface area contributed by atoms with Gasteiger partial charge in [-0.2, -0.15) is 0 Å². The molecule has 1 atom stereocenters. The van der Waals surface area contributed by atoms with Gasteiger partial charge in [0.25, 0.3) is 0 Å². The quantitative estimate of drug-likeness (QED) is 0.135. The summed E-state index contributed by atoms with van der Waals surface area (Å²) in [4.78, 5) is 21.2. The van der Waals surface area contributed by atoms with E-state index in [9.17, 15) is 0 Å². The zero-order valence-corrected chi connectivity index (χ0v) is 63.1. The molecule has 0 saturated heterocycles. The fourth-order valence-corrected chi connectivity index (χ4v) is 19.6. The molecule has 117 heavy (non-hydrogen) atoms. The van der Waals surface area contributed by atoms with Gasteiger partial charge in [-0.1, -0.05) is 352 Å². The highest BCUT2D eigenvalue weighted by molar-refractivity contribution is 6.08. The van der Waals surface area contributed by atoms with Crippen molar-refractivity contribution in [2.24, 2.45) is 0 Å². The molecule has 4 aliphatic rings. The Hall–Kier alpha value is -15.4. The van der Waals surface area contributed by atoms with Gasteiger partial charge in [-0.05, 0) is 137 Å². The summed E-state index contributed by atoms with van der Waals surface area (Å²) in [5.74, 6) is 4.68. The molecular weight excluding hydrogens is 1430 g/mol. The normalized spacial score (nSPS) is 14.1. The molecule has 20 aromatic rings. The molecule has 3 aromatic heterocycles. The molecule has 17 aromatic carbocycles. The predicted octanol–water partition coefficient (Wildman–Crippen LogP) is 27.9. The number of benzene rings is 17. The highest BCUT2D eigenvalue weighted by Gasteiger charge is 2.54. The third-order valence-corrected chi connectivity index (χ3v) is 24.7. The lowest BCUT2D eigenvalue weighted by Crippen LogP contribution is -2.32. The van der Waals surface area contributed by atoms with Crippen LogP contribution in [0, 0.1) is 0 Å². The largest absolute Gasteiger partial charge is 0.456 e. The van der Waals surface area contributed by atoms with Crippen molar-refractivity contribution >= 4 is 32.7 Å². The molecule has 0 fully saturated rings. The highest BCUT2D eigenvalue weighted by Crippen LogP contribution is 2.66. The third-order valence-electron chi connectivity index (χ3n) is 24.7. The molecule has 544 valence electrons. The molecule has 0 radical (unpaired) electrons. The first kappa shape index (κ1) is 66.2. The number of aromatic nitrogens is 4. The lowest BCUT2D eigenvalue weighted by Gasteiger charge is -2.40. The van der Waals surface area contributed by atoms with E-state index in [0.717, 1.165) is 179 Å². The van der Waals surface area contributed by atoms with Crippen molar-refractivity contribution in [3.05, 3.63) is 445 Å².